The fraction of sp³-hybridized carbons (Fsp3) is 0.400. The van der Waals surface area contributed by atoms with Crippen LogP contribution in [0.3, 0.4) is 0 Å². The van der Waals surface area contributed by atoms with Crippen LogP contribution in [-0.2, 0) is 13.5 Å². The van der Waals surface area contributed by atoms with E-state index in [9.17, 15) is 0 Å². The van der Waals surface area contributed by atoms with Crippen molar-refractivity contribution in [1.29, 1.82) is 0 Å². The van der Waals surface area contributed by atoms with Gasteiger partial charge in [0.05, 0.1) is 6.20 Å². The van der Waals surface area contributed by atoms with Gasteiger partial charge >= 0.3 is 0 Å². The maximum absolute atomic E-state index is 5.93. The number of nitrogens with one attached hydrogen (secondary N) is 1. The second-order valence-electron chi connectivity index (χ2n) is 4.81. The maximum Gasteiger partial charge on any atom is 0.120 e. The monoisotopic (exact) mass is 293 g/mol. The quantitative estimate of drug-likeness (QED) is 0.853. The predicted octanol–water partition coefficient (Wildman–Crippen LogP) is 2.67. The molecule has 0 radical (unpaired) electrons. The number of aryl methyl sites for hydroxylation is 2. The van der Waals surface area contributed by atoms with Crippen LogP contribution in [0, 0.1) is 0 Å². The number of hydrogen-bond acceptors (Lipinski definition) is 3. The Hall–Kier alpha value is -1.52. The van der Waals surface area contributed by atoms with E-state index >= 15 is 0 Å². The first-order chi connectivity index (χ1) is 9.67. The minimum Gasteiger partial charge on any atom is -0.492 e. The number of rotatable bonds is 7. The number of hydrogen-bond donors (Lipinski definition) is 1. The average Bonchev–Trinajstić information content (AvgIpc) is 2.85. The van der Waals surface area contributed by atoms with Crippen LogP contribution >= 0.6 is 11.6 Å². The van der Waals surface area contributed by atoms with E-state index in [0.717, 1.165) is 18.6 Å². The molecular formula is C15H20ClN3O. The van der Waals surface area contributed by atoms with Gasteiger partial charge in [-0.15, -0.1) is 0 Å². The van der Waals surface area contributed by atoms with Gasteiger partial charge in [0, 0.05) is 24.3 Å². The van der Waals surface area contributed by atoms with Crippen molar-refractivity contribution >= 4 is 11.6 Å². The Balaban J connectivity index is 1.80. The van der Waals surface area contributed by atoms with Crippen molar-refractivity contribution in [2.24, 2.45) is 7.05 Å². The Labute approximate surface area is 124 Å². The summed E-state index contributed by atoms with van der Waals surface area (Å²) >= 11 is 5.93. The molecule has 0 bridgehead atoms. The highest BCUT2D eigenvalue weighted by Gasteiger charge is 2.08. The first kappa shape index (κ1) is 14.9. The Morgan fingerprint density at radius 2 is 2.30 bits per heavy atom. The van der Waals surface area contributed by atoms with Gasteiger partial charge in [-0.1, -0.05) is 17.7 Å². The van der Waals surface area contributed by atoms with Crippen molar-refractivity contribution in [1.82, 2.24) is 15.1 Å². The molecule has 1 aromatic heterocycles. The highest BCUT2D eigenvalue weighted by Crippen LogP contribution is 2.17. The topological polar surface area (TPSA) is 39.1 Å². The third-order valence-electron chi connectivity index (χ3n) is 3.20. The molecule has 1 unspecified atom stereocenters. The molecule has 1 heterocycles. The van der Waals surface area contributed by atoms with Gasteiger partial charge in [0.2, 0.25) is 0 Å². The van der Waals surface area contributed by atoms with Gasteiger partial charge in [-0.25, -0.2) is 0 Å². The molecule has 0 aliphatic rings. The SMILES string of the molecule is CNC(CCc1cnn(C)c1)COc1cccc(Cl)c1. The Morgan fingerprint density at radius 1 is 1.45 bits per heavy atom. The molecular weight excluding hydrogens is 274 g/mol. The third kappa shape index (κ3) is 4.54. The summed E-state index contributed by atoms with van der Waals surface area (Å²) < 4.78 is 7.59. The lowest BCUT2D eigenvalue weighted by atomic mass is 10.1. The maximum atomic E-state index is 5.93. The molecule has 0 fully saturated rings. The van der Waals surface area contributed by atoms with E-state index in [-0.39, 0.29) is 0 Å². The lowest BCUT2D eigenvalue weighted by Gasteiger charge is -2.16. The molecule has 4 nitrogen and oxygen atoms in total. The van der Waals surface area contributed by atoms with E-state index in [0.29, 0.717) is 17.7 Å². The minimum atomic E-state index is 0.300. The second-order valence-corrected chi connectivity index (χ2v) is 5.25. The Kier molecular flexibility index (Phi) is 5.44. The summed E-state index contributed by atoms with van der Waals surface area (Å²) in [6, 6.07) is 7.78. The molecule has 0 aliphatic carbocycles. The van der Waals surface area contributed by atoms with Crippen molar-refractivity contribution in [2.75, 3.05) is 13.7 Å². The van der Waals surface area contributed by atoms with Gasteiger partial charge in [-0.3, -0.25) is 4.68 Å². The molecule has 0 amide bonds. The van der Waals surface area contributed by atoms with Crippen molar-refractivity contribution in [3.8, 4) is 5.75 Å². The van der Waals surface area contributed by atoms with E-state index in [4.69, 9.17) is 16.3 Å². The summed E-state index contributed by atoms with van der Waals surface area (Å²) in [5.41, 5.74) is 1.25. The van der Waals surface area contributed by atoms with Crippen LogP contribution in [-0.4, -0.2) is 29.5 Å². The van der Waals surface area contributed by atoms with Crippen LogP contribution in [0.5, 0.6) is 5.75 Å². The normalized spacial score (nSPS) is 12.3. The van der Waals surface area contributed by atoms with Crippen LogP contribution in [0.15, 0.2) is 36.7 Å². The largest absolute Gasteiger partial charge is 0.492 e. The van der Waals surface area contributed by atoms with E-state index in [1.165, 1.54) is 5.56 Å². The number of benzene rings is 1. The number of halogens is 1. The predicted molar refractivity (Wildman–Crippen MR) is 81.3 cm³/mol. The molecule has 1 N–H and O–H groups in total. The zero-order chi connectivity index (χ0) is 14.4. The van der Waals surface area contributed by atoms with Crippen molar-refractivity contribution < 1.29 is 4.74 Å². The van der Waals surface area contributed by atoms with Gasteiger partial charge in [0.25, 0.3) is 0 Å². The van der Waals surface area contributed by atoms with Crippen LogP contribution in [0.25, 0.3) is 0 Å². The summed E-state index contributed by atoms with van der Waals surface area (Å²) in [6.07, 6.45) is 5.94. The zero-order valence-electron chi connectivity index (χ0n) is 11.8. The van der Waals surface area contributed by atoms with Crippen LogP contribution < -0.4 is 10.1 Å². The Morgan fingerprint density at radius 3 is 2.95 bits per heavy atom. The summed E-state index contributed by atoms with van der Waals surface area (Å²) in [7, 11) is 3.89. The van der Waals surface area contributed by atoms with E-state index in [1.807, 2.05) is 55.4 Å². The molecule has 0 saturated carbocycles. The Bertz CT molecular complexity index is 541. The van der Waals surface area contributed by atoms with E-state index in [2.05, 4.69) is 10.4 Å². The van der Waals surface area contributed by atoms with Crippen LogP contribution in [0.1, 0.15) is 12.0 Å². The number of ether oxygens (including phenoxy) is 1. The fourth-order valence-corrected chi connectivity index (χ4v) is 2.19. The molecule has 2 rings (SSSR count). The molecule has 108 valence electrons. The van der Waals surface area contributed by atoms with Crippen molar-refractivity contribution in [3.05, 3.63) is 47.2 Å². The highest BCUT2D eigenvalue weighted by atomic mass is 35.5. The molecule has 20 heavy (non-hydrogen) atoms. The molecule has 1 atom stereocenters. The average molecular weight is 294 g/mol. The van der Waals surface area contributed by atoms with Gasteiger partial charge < -0.3 is 10.1 Å². The first-order valence-electron chi connectivity index (χ1n) is 6.70. The van der Waals surface area contributed by atoms with Crippen LogP contribution in [0.2, 0.25) is 5.02 Å². The summed E-state index contributed by atoms with van der Waals surface area (Å²) in [4.78, 5) is 0. The number of aromatic nitrogens is 2. The molecule has 0 saturated heterocycles. The first-order valence-corrected chi connectivity index (χ1v) is 7.08. The third-order valence-corrected chi connectivity index (χ3v) is 3.43. The summed E-state index contributed by atoms with van der Waals surface area (Å²) in [5.74, 6) is 0.805. The second kappa shape index (κ2) is 7.31. The van der Waals surface area contributed by atoms with Gasteiger partial charge in [-0.2, -0.15) is 5.10 Å². The molecule has 1 aromatic carbocycles. The highest BCUT2D eigenvalue weighted by molar-refractivity contribution is 6.30. The number of nitrogens with zero attached hydrogens (tertiary/aromatic N) is 2. The van der Waals surface area contributed by atoms with Crippen molar-refractivity contribution in [2.45, 2.75) is 18.9 Å². The van der Waals surface area contributed by atoms with Crippen molar-refractivity contribution in [3.63, 3.8) is 0 Å². The standard InChI is InChI=1S/C15H20ClN3O/c1-17-14(7-6-12-9-18-19(2)10-12)11-20-15-5-3-4-13(16)8-15/h3-5,8-10,14,17H,6-7,11H2,1-2H3. The van der Waals surface area contributed by atoms with Gasteiger partial charge in [0.1, 0.15) is 12.4 Å². The minimum absolute atomic E-state index is 0.300. The van der Waals surface area contributed by atoms with Gasteiger partial charge in [0.15, 0.2) is 0 Å². The van der Waals surface area contributed by atoms with Crippen LogP contribution in [0.4, 0.5) is 0 Å². The molecule has 5 heteroatoms. The lowest BCUT2D eigenvalue weighted by Crippen LogP contribution is -2.32. The smallest absolute Gasteiger partial charge is 0.120 e. The van der Waals surface area contributed by atoms with E-state index < -0.39 is 0 Å². The summed E-state index contributed by atoms with van der Waals surface area (Å²) in [6.45, 7) is 0.622. The number of likely N-dealkylation sites (N-methyl/N-ethyl adjacent to an activating group) is 1. The molecule has 2 aromatic rings. The molecule has 0 spiro atoms. The van der Waals surface area contributed by atoms with E-state index in [1.54, 1.807) is 0 Å². The molecule has 0 aliphatic heterocycles. The van der Waals surface area contributed by atoms with Gasteiger partial charge in [-0.05, 0) is 43.7 Å². The lowest BCUT2D eigenvalue weighted by molar-refractivity contribution is 0.263. The fourth-order valence-electron chi connectivity index (χ4n) is 2.01. The summed E-state index contributed by atoms with van der Waals surface area (Å²) in [5, 5.41) is 8.15. The zero-order valence-corrected chi connectivity index (χ0v) is 12.6.